The fourth-order valence-electron chi connectivity index (χ4n) is 3.74. The average molecular weight is 525 g/mol. The Bertz CT molecular complexity index is 1390. The van der Waals surface area contributed by atoms with Crippen LogP contribution in [0.2, 0.25) is 10.0 Å². The first kappa shape index (κ1) is 25.3. The number of rotatable bonds is 7. The van der Waals surface area contributed by atoms with Crippen LogP contribution in [0.3, 0.4) is 0 Å². The van der Waals surface area contributed by atoms with Gasteiger partial charge in [-0.1, -0.05) is 54.4 Å². The van der Waals surface area contributed by atoms with Crippen LogP contribution in [0.25, 0.3) is 6.08 Å². The van der Waals surface area contributed by atoms with Crippen LogP contribution >= 0.6 is 23.2 Å². The summed E-state index contributed by atoms with van der Waals surface area (Å²) in [7, 11) is 1.51. The van der Waals surface area contributed by atoms with Crippen LogP contribution in [0.1, 0.15) is 23.6 Å². The van der Waals surface area contributed by atoms with Crippen molar-refractivity contribution < 1.29 is 23.9 Å². The van der Waals surface area contributed by atoms with E-state index >= 15 is 0 Å². The zero-order valence-electron chi connectivity index (χ0n) is 19.5. The number of anilines is 1. The number of urea groups is 1. The number of barbiturate groups is 1. The van der Waals surface area contributed by atoms with Crippen LogP contribution in [-0.2, 0) is 22.6 Å². The minimum atomic E-state index is -0.799. The van der Waals surface area contributed by atoms with Gasteiger partial charge in [0.1, 0.15) is 23.7 Å². The van der Waals surface area contributed by atoms with Crippen molar-refractivity contribution in [1.82, 2.24) is 5.32 Å². The summed E-state index contributed by atoms with van der Waals surface area (Å²) in [5, 5.41) is 3.20. The summed E-state index contributed by atoms with van der Waals surface area (Å²) < 4.78 is 11.3. The molecule has 4 amide bonds. The van der Waals surface area contributed by atoms with E-state index in [1.54, 1.807) is 48.5 Å². The Balaban J connectivity index is 1.71. The molecule has 4 rings (SSSR count). The number of hydrogen-bond donors (Lipinski definition) is 1. The molecule has 0 aliphatic carbocycles. The molecule has 0 spiro atoms. The lowest BCUT2D eigenvalue weighted by Gasteiger charge is -2.28. The fourth-order valence-corrected chi connectivity index (χ4v) is 4.20. The number of halogens is 2. The van der Waals surface area contributed by atoms with Crippen molar-refractivity contribution in [1.29, 1.82) is 0 Å². The highest BCUT2D eigenvalue weighted by Gasteiger charge is 2.37. The van der Waals surface area contributed by atoms with Crippen LogP contribution in [-0.4, -0.2) is 25.0 Å². The summed E-state index contributed by atoms with van der Waals surface area (Å²) in [5.74, 6) is -0.654. The van der Waals surface area contributed by atoms with E-state index in [1.165, 1.54) is 13.2 Å². The van der Waals surface area contributed by atoms with E-state index in [0.29, 0.717) is 44.8 Å². The molecule has 3 aromatic carbocycles. The van der Waals surface area contributed by atoms with Crippen molar-refractivity contribution in [3.05, 3.63) is 93.0 Å². The summed E-state index contributed by atoms with van der Waals surface area (Å²) >= 11 is 12.2. The molecular formula is C27H22Cl2N2O5. The maximum Gasteiger partial charge on any atom is 0.335 e. The van der Waals surface area contributed by atoms with Crippen LogP contribution < -0.4 is 19.7 Å². The molecule has 0 saturated carbocycles. The number of ether oxygens (including phenoxy) is 2. The number of nitrogens with one attached hydrogen (secondary N) is 1. The summed E-state index contributed by atoms with van der Waals surface area (Å²) in [6.07, 6.45) is 1.99. The minimum Gasteiger partial charge on any atom is -0.497 e. The molecule has 0 radical (unpaired) electrons. The smallest absolute Gasteiger partial charge is 0.335 e. The largest absolute Gasteiger partial charge is 0.497 e. The van der Waals surface area contributed by atoms with Crippen LogP contribution in [0, 0.1) is 0 Å². The van der Waals surface area contributed by atoms with Gasteiger partial charge in [-0.05, 0) is 48.4 Å². The summed E-state index contributed by atoms with van der Waals surface area (Å²) in [5.41, 5.74) is 2.15. The van der Waals surface area contributed by atoms with Gasteiger partial charge in [-0.25, -0.2) is 9.69 Å². The van der Waals surface area contributed by atoms with E-state index in [4.69, 9.17) is 32.7 Å². The Labute approximate surface area is 218 Å². The number of amides is 4. The molecular weight excluding hydrogens is 503 g/mol. The molecule has 1 heterocycles. The molecule has 0 unspecified atom stereocenters. The predicted octanol–water partition coefficient (Wildman–Crippen LogP) is 5.81. The number of imide groups is 2. The minimum absolute atomic E-state index is 0.105. The molecule has 9 heteroatoms. The highest BCUT2D eigenvalue weighted by Crippen LogP contribution is 2.31. The van der Waals surface area contributed by atoms with E-state index < -0.39 is 17.8 Å². The van der Waals surface area contributed by atoms with Gasteiger partial charge < -0.3 is 9.47 Å². The molecule has 1 aliphatic heterocycles. The molecule has 1 fully saturated rings. The van der Waals surface area contributed by atoms with Crippen molar-refractivity contribution in [2.24, 2.45) is 0 Å². The number of benzene rings is 3. The highest BCUT2D eigenvalue weighted by molar-refractivity contribution is 6.39. The zero-order chi connectivity index (χ0) is 25.8. The van der Waals surface area contributed by atoms with Crippen LogP contribution in [0.5, 0.6) is 11.5 Å². The topological polar surface area (TPSA) is 84.9 Å². The van der Waals surface area contributed by atoms with Gasteiger partial charge in [-0.3, -0.25) is 14.9 Å². The fraction of sp³-hybridized carbons (Fsp3) is 0.148. The van der Waals surface area contributed by atoms with Crippen molar-refractivity contribution in [2.75, 3.05) is 12.0 Å². The zero-order valence-corrected chi connectivity index (χ0v) is 21.0. The second-order valence-corrected chi connectivity index (χ2v) is 8.71. The number of nitrogens with zero attached hydrogens (tertiary/aromatic N) is 1. The van der Waals surface area contributed by atoms with E-state index in [0.717, 1.165) is 10.5 Å². The lowest BCUT2D eigenvalue weighted by molar-refractivity contribution is -0.122. The number of carbonyl (C=O) groups is 3. The van der Waals surface area contributed by atoms with Gasteiger partial charge in [-0.15, -0.1) is 0 Å². The molecule has 7 nitrogen and oxygen atoms in total. The molecule has 1 N–H and O–H groups in total. The second kappa shape index (κ2) is 10.8. The molecule has 3 aromatic rings. The Morgan fingerprint density at radius 2 is 1.75 bits per heavy atom. The van der Waals surface area contributed by atoms with Gasteiger partial charge in [0.15, 0.2) is 0 Å². The lowest BCUT2D eigenvalue weighted by Crippen LogP contribution is -2.54. The van der Waals surface area contributed by atoms with Crippen molar-refractivity contribution in [3.8, 4) is 11.5 Å². The number of carbonyl (C=O) groups excluding carboxylic acids is 3. The molecule has 184 valence electrons. The Morgan fingerprint density at radius 3 is 2.47 bits per heavy atom. The van der Waals surface area contributed by atoms with Gasteiger partial charge in [0.25, 0.3) is 11.8 Å². The van der Waals surface area contributed by atoms with Gasteiger partial charge in [0.05, 0.1) is 12.8 Å². The number of para-hydroxylation sites is 1. The Hall–Kier alpha value is -3.81. The second-order valence-electron chi connectivity index (χ2n) is 7.87. The molecule has 36 heavy (non-hydrogen) atoms. The first-order valence-electron chi connectivity index (χ1n) is 11.1. The monoisotopic (exact) mass is 524 g/mol. The van der Waals surface area contributed by atoms with E-state index in [2.05, 4.69) is 5.32 Å². The predicted molar refractivity (Wildman–Crippen MR) is 139 cm³/mol. The highest BCUT2D eigenvalue weighted by atomic mass is 35.5. The molecule has 0 atom stereocenters. The maximum atomic E-state index is 13.4. The number of aryl methyl sites for hydroxylation is 1. The van der Waals surface area contributed by atoms with E-state index in [9.17, 15) is 14.4 Å². The van der Waals surface area contributed by atoms with Gasteiger partial charge >= 0.3 is 6.03 Å². The summed E-state index contributed by atoms with van der Waals surface area (Å²) in [6.45, 7) is 2.02. The number of methoxy groups -OCH3 is 1. The molecule has 1 saturated heterocycles. The quantitative estimate of drug-likeness (QED) is 0.311. The molecule has 0 bridgehead atoms. The standard InChI is InChI=1S/C27H22Cl2N2O5/c1-3-16-6-4-5-7-23(16)31-26(33)21(25(32)30-27(31)34)12-17-9-11-20(35-2)14-24(17)36-15-18-8-10-19(28)13-22(18)29/h4-14H,3,15H2,1-2H3,(H,30,32,34)/b21-12-. The Kier molecular flexibility index (Phi) is 7.62. The van der Waals surface area contributed by atoms with Crippen LogP contribution in [0.15, 0.2) is 66.2 Å². The van der Waals surface area contributed by atoms with E-state index in [1.807, 2.05) is 19.1 Å². The third-order valence-electron chi connectivity index (χ3n) is 5.63. The molecule has 1 aliphatic rings. The van der Waals surface area contributed by atoms with Gasteiger partial charge in [0.2, 0.25) is 0 Å². The van der Waals surface area contributed by atoms with Crippen LogP contribution in [0.4, 0.5) is 10.5 Å². The Morgan fingerprint density at radius 1 is 0.972 bits per heavy atom. The SMILES string of the molecule is CCc1ccccc1N1C(=O)NC(=O)/C(=C/c2ccc(OC)cc2OCc2ccc(Cl)cc2Cl)C1=O. The van der Waals surface area contributed by atoms with Gasteiger partial charge in [0, 0.05) is 27.2 Å². The average Bonchev–Trinajstić information content (AvgIpc) is 2.86. The van der Waals surface area contributed by atoms with E-state index in [-0.39, 0.29) is 12.2 Å². The first-order valence-corrected chi connectivity index (χ1v) is 11.8. The lowest BCUT2D eigenvalue weighted by atomic mass is 10.0. The summed E-state index contributed by atoms with van der Waals surface area (Å²) in [4.78, 5) is 39.7. The van der Waals surface area contributed by atoms with Crippen molar-refractivity contribution in [3.63, 3.8) is 0 Å². The first-order chi connectivity index (χ1) is 17.3. The van der Waals surface area contributed by atoms with Gasteiger partial charge in [-0.2, -0.15) is 0 Å². The van der Waals surface area contributed by atoms with Crippen molar-refractivity contribution in [2.45, 2.75) is 20.0 Å². The molecule has 0 aromatic heterocycles. The third kappa shape index (κ3) is 5.22. The maximum absolute atomic E-state index is 13.4. The summed E-state index contributed by atoms with van der Waals surface area (Å²) in [6, 6.07) is 16.3. The van der Waals surface area contributed by atoms with Crippen molar-refractivity contribution >= 4 is 52.8 Å². The third-order valence-corrected chi connectivity index (χ3v) is 6.22. The number of hydrogen-bond acceptors (Lipinski definition) is 5. The normalized spacial score (nSPS) is 14.7.